The Bertz CT molecular complexity index is 669. The van der Waals surface area contributed by atoms with E-state index in [-0.39, 0.29) is 11.5 Å². The minimum Gasteiger partial charge on any atom is -0.504 e. The topological polar surface area (TPSA) is 68.9 Å². The molecule has 0 aliphatic carbocycles. The molecule has 0 spiro atoms. The van der Waals surface area contributed by atoms with E-state index in [9.17, 15) is 9.90 Å². The summed E-state index contributed by atoms with van der Waals surface area (Å²) in [5.74, 6) is 0.683. The molecule has 1 aromatic heterocycles. The second kappa shape index (κ2) is 4.25. The predicted molar refractivity (Wildman–Crippen MR) is 66.7 cm³/mol. The normalized spacial score (nSPS) is 10.7. The number of rotatable bonds is 2. The first-order chi connectivity index (χ1) is 8.51. The first-order valence-electron chi connectivity index (χ1n) is 5.39. The maximum atomic E-state index is 11.7. The minimum atomic E-state index is -0.466. The summed E-state index contributed by atoms with van der Waals surface area (Å²) in [6.45, 7) is 3.33. The number of hydrogen-bond donors (Lipinski definition) is 1. The van der Waals surface area contributed by atoms with Crippen LogP contribution in [0.15, 0.2) is 15.3 Å². The van der Waals surface area contributed by atoms with Crippen LogP contribution in [-0.2, 0) is 0 Å². The van der Waals surface area contributed by atoms with E-state index in [2.05, 4.69) is 0 Å². The quantitative estimate of drug-likeness (QED) is 0.827. The van der Waals surface area contributed by atoms with Crippen LogP contribution in [0, 0.1) is 13.8 Å². The number of hydrogen-bond acceptors (Lipinski definition) is 5. The standard InChI is InChI=1S/C13H14O5/c1-6-10-8(5-9(16-3)11(6)14)18-13(15)7(2)12(10)17-4/h5,14H,1-4H3. The molecule has 0 radical (unpaired) electrons. The van der Waals surface area contributed by atoms with Gasteiger partial charge in [0.25, 0.3) is 0 Å². The van der Waals surface area contributed by atoms with E-state index in [4.69, 9.17) is 13.9 Å². The summed E-state index contributed by atoms with van der Waals surface area (Å²) >= 11 is 0. The molecule has 5 heteroatoms. The van der Waals surface area contributed by atoms with Crippen molar-refractivity contribution in [1.82, 2.24) is 0 Å². The summed E-state index contributed by atoms with van der Waals surface area (Å²) in [5.41, 5.74) is 0.784. The van der Waals surface area contributed by atoms with Crippen molar-refractivity contribution >= 4 is 11.0 Å². The molecule has 0 aliphatic heterocycles. The first-order valence-corrected chi connectivity index (χ1v) is 5.39. The van der Waals surface area contributed by atoms with Crippen molar-refractivity contribution in [2.75, 3.05) is 14.2 Å². The summed E-state index contributed by atoms with van der Waals surface area (Å²) < 4.78 is 15.4. The third-order valence-electron chi connectivity index (χ3n) is 2.97. The highest BCUT2D eigenvalue weighted by Crippen LogP contribution is 2.40. The van der Waals surface area contributed by atoms with Crippen LogP contribution in [0.1, 0.15) is 11.1 Å². The zero-order valence-electron chi connectivity index (χ0n) is 10.7. The molecular formula is C13H14O5. The number of aryl methyl sites for hydroxylation is 1. The highest BCUT2D eigenvalue weighted by atomic mass is 16.5. The van der Waals surface area contributed by atoms with Gasteiger partial charge in [0, 0.05) is 11.6 Å². The monoisotopic (exact) mass is 250 g/mol. The third-order valence-corrected chi connectivity index (χ3v) is 2.97. The largest absolute Gasteiger partial charge is 0.504 e. The highest BCUT2D eigenvalue weighted by Gasteiger charge is 2.18. The highest BCUT2D eigenvalue weighted by molar-refractivity contribution is 5.91. The Labute approximate surface area is 104 Å². The molecule has 0 atom stereocenters. The van der Waals surface area contributed by atoms with E-state index < -0.39 is 5.63 Å². The van der Waals surface area contributed by atoms with E-state index in [0.29, 0.717) is 27.8 Å². The van der Waals surface area contributed by atoms with Crippen LogP contribution in [0.5, 0.6) is 17.2 Å². The molecule has 0 fully saturated rings. The Morgan fingerprint density at radius 1 is 1.17 bits per heavy atom. The molecule has 2 rings (SSSR count). The summed E-state index contributed by atoms with van der Waals surface area (Å²) in [6, 6.07) is 1.47. The molecule has 96 valence electrons. The molecule has 0 aliphatic rings. The molecule has 0 saturated heterocycles. The van der Waals surface area contributed by atoms with Crippen LogP contribution in [0.3, 0.4) is 0 Å². The number of ether oxygens (including phenoxy) is 2. The second-order valence-electron chi connectivity index (χ2n) is 3.97. The van der Waals surface area contributed by atoms with Gasteiger partial charge in [-0.05, 0) is 13.8 Å². The Hall–Kier alpha value is -2.17. The average molecular weight is 250 g/mol. The fourth-order valence-corrected chi connectivity index (χ4v) is 1.98. The van der Waals surface area contributed by atoms with Gasteiger partial charge in [-0.3, -0.25) is 0 Å². The van der Waals surface area contributed by atoms with Crippen molar-refractivity contribution in [2.45, 2.75) is 13.8 Å². The fraction of sp³-hybridized carbons (Fsp3) is 0.308. The fourth-order valence-electron chi connectivity index (χ4n) is 1.98. The summed E-state index contributed by atoms with van der Waals surface area (Å²) in [4.78, 5) is 11.7. The van der Waals surface area contributed by atoms with Gasteiger partial charge >= 0.3 is 5.63 Å². The lowest BCUT2D eigenvalue weighted by atomic mass is 10.1. The molecule has 5 nitrogen and oxygen atoms in total. The third kappa shape index (κ3) is 1.59. The van der Waals surface area contributed by atoms with E-state index in [1.807, 2.05) is 0 Å². The van der Waals surface area contributed by atoms with Gasteiger partial charge in [0.05, 0.1) is 25.2 Å². The Morgan fingerprint density at radius 2 is 1.83 bits per heavy atom. The molecular weight excluding hydrogens is 236 g/mol. The predicted octanol–water partition coefficient (Wildman–Crippen LogP) is 2.13. The Kier molecular flexibility index (Phi) is 2.90. The summed E-state index contributed by atoms with van der Waals surface area (Å²) in [5, 5.41) is 10.6. The van der Waals surface area contributed by atoms with Crippen molar-refractivity contribution in [3.8, 4) is 17.2 Å². The van der Waals surface area contributed by atoms with Crippen molar-refractivity contribution in [3.63, 3.8) is 0 Å². The van der Waals surface area contributed by atoms with E-state index in [1.165, 1.54) is 20.3 Å². The molecule has 0 amide bonds. The molecule has 18 heavy (non-hydrogen) atoms. The molecule has 0 saturated carbocycles. The molecule has 1 heterocycles. The first kappa shape index (κ1) is 12.3. The summed E-state index contributed by atoms with van der Waals surface area (Å²) in [6.07, 6.45) is 0. The van der Waals surface area contributed by atoms with Crippen LogP contribution in [-0.4, -0.2) is 19.3 Å². The van der Waals surface area contributed by atoms with Crippen LogP contribution in [0.2, 0.25) is 0 Å². The van der Waals surface area contributed by atoms with Crippen molar-refractivity contribution in [3.05, 3.63) is 27.6 Å². The zero-order chi connectivity index (χ0) is 13.4. The molecule has 2 aromatic rings. The van der Waals surface area contributed by atoms with Gasteiger partial charge in [-0.1, -0.05) is 0 Å². The number of phenolic OH excluding ortho intramolecular Hbond substituents is 1. The Balaban J connectivity index is 3.02. The van der Waals surface area contributed by atoms with Gasteiger partial charge in [-0.2, -0.15) is 0 Å². The maximum Gasteiger partial charge on any atom is 0.342 e. The van der Waals surface area contributed by atoms with Crippen LogP contribution < -0.4 is 15.1 Å². The summed E-state index contributed by atoms with van der Waals surface area (Å²) in [7, 11) is 2.91. The number of methoxy groups -OCH3 is 2. The lowest BCUT2D eigenvalue weighted by Gasteiger charge is -2.13. The van der Waals surface area contributed by atoms with Crippen LogP contribution in [0.25, 0.3) is 11.0 Å². The van der Waals surface area contributed by atoms with Gasteiger partial charge in [-0.25, -0.2) is 4.79 Å². The van der Waals surface area contributed by atoms with Crippen LogP contribution >= 0.6 is 0 Å². The van der Waals surface area contributed by atoms with Gasteiger partial charge in [0.2, 0.25) is 0 Å². The van der Waals surface area contributed by atoms with E-state index in [0.717, 1.165) is 0 Å². The smallest absolute Gasteiger partial charge is 0.342 e. The van der Waals surface area contributed by atoms with Gasteiger partial charge < -0.3 is 19.0 Å². The lowest BCUT2D eigenvalue weighted by Crippen LogP contribution is -2.06. The average Bonchev–Trinajstić information content (AvgIpc) is 2.36. The molecule has 0 unspecified atom stereocenters. The van der Waals surface area contributed by atoms with E-state index in [1.54, 1.807) is 13.8 Å². The van der Waals surface area contributed by atoms with Gasteiger partial charge in [0.1, 0.15) is 11.3 Å². The minimum absolute atomic E-state index is 0.0107. The van der Waals surface area contributed by atoms with Crippen molar-refractivity contribution in [2.24, 2.45) is 0 Å². The number of phenols is 1. The lowest BCUT2D eigenvalue weighted by molar-refractivity contribution is 0.370. The maximum absolute atomic E-state index is 11.7. The van der Waals surface area contributed by atoms with E-state index >= 15 is 0 Å². The SMILES string of the molecule is COc1cc2oc(=O)c(C)c(OC)c2c(C)c1O. The van der Waals surface area contributed by atoms with Crippen molar-refractivity contribution in [1.29, 1.82) is 0 Å². The Morgan fingerprint density at radius 3 is 2.39 bits per heavy atom. The zero-order valence-corrected chi connectivity index (χ0v) is 10.7. The van der Waals surface area contributed by atoms with Gasteiger partial charge in [0.15, 0.2) is 11.5 Å². The van der Waals surface area contributed by atoms with Crippen molar-refractivity contribution < 1.29 is 19.0 Å². The molecule has 0 bridgehead atoms. The second-order valence-corrected chi connectivity index (χ2v) is 3.97. The molecule has 1 aromatic carbocycles. The van der Waals surface area contributed by atoms with Gasteiger partial charge in [-0.15, -0.1) is 0 Å². The number of aromatic hydroxyl groups is 1. The van der Waals surface area contributed by atoms with Crippen LogP contribution in [0.4, 0.5) is 0 Å². The number of fused-ring (bicyclic) bond motifs is 1. The molecule has 1 N–H and O–H groups in total. The number of benzene rings is 1.